The van der Waals surface area contributed by atoms with Crippen LogP contribution in [-0.4, -0.2) is 36.1 Å². The molecule has 1 rings (SSSR count). The third kappa shape index (κ3) is 4.13. The topological polar surface area (TPSA) is 75.8 Å². The van der Waals surface area contributed by atoms with Crippen molar-refractivity contribution < 1.29 is 14.6 Å². The van der Waals surface area contributed by atoms with E-state index < -0.39 is 6.04 Å². The summed E-state index contributed by atoms with van der Waals surface area (Å²) in [6.45, 7) is 2.44. The Kier molecular flexibility index (Phi) is 5.63. The zero-order chi connectivity index (χ0) is 14.4. The van der Waals surface area contributed by atoms with E-state index in [2.05, 4.69) is 0 Å². The van der Waals surface area contributed by atoms with Gasteiger partial charge in [0.05, 0.1) is 13.2 Å². The molecule has 0 radical (unpaired) electrons. The van der Waals surface area contributed by atoms with E-state index in [0.29, 0.717) is 18.7 Å². The standard InChI is InChI=1S/C14H22N2O3/c1-4-5-11(15)14(18)16(2)9-10-6-7-12(17)13(8-10)19-3/h6-8,11,17H,4-5,9,15H2,1-3H3/t11-/m1/s1. The molecule has 106 valence electrons. The maximum absolute atomic E-state index is 12.0. The number of nitrogens with two attached hydrogens (primary N) is 1. The number of hydrogen-bond acceptors (Lipinski definition) is 4. The molecule has 0 saturated carbocycles. The van der Waals surface area contributed by atoms with Gasteiger partial charge in [-0.3, -0.25) is 4.79 Å². The smallest absolute Gasteiger partial charge is 0.239 e. The van der Waals surface area contributed by atoms with Crippen LogP contribution in [0.4, 0.5) is 0 Å². The van der Waals surface area contributed by atoms with E-state index in [0.717, 1.165) is 12.0 Å². The first-order valence-corrected chi connectivity index (χ1v) is 6.36. The highest BCUT2D eigenvalue weighted by Gasteiger charge is 2.17. The van der Waals surface area contributed by atoms with Crippen molar-refractivity contribution in [3.8, 4) is 11.5 Å². The third-order valence-electron chi connectivity index (χ3n) is 2.96. The Balaban J connectivity index is 2.71. The molecule has 0 heterocycles. The van der Waals surface area contributed by atoms with Gasteiger partial charge in [0.15, 0.2) is 11.5 Å². The van der Waals surface area contributed by atoms with Crippen molar-refractivity contribution in [2.24, 2.45) is 5.73 Å². The Hall–Kier alpha value is -1.75. The van der Waals surface area contributed by atoms with E-state index in [1.54, 1.807) is 30.1 Å². The van der Waals surface area contributed by atoms with Crippen LogP contribution >= 0.6 is 0 Å². The molecular formula is C14H22N2O3. The summed E-state index contributed by atoms with van der Waals surface area (Å²) in [6.07, 6.45) is 1.57. The fourth-order valence-corrected chi connectivity index (χ4v) is 1.89. The number of phenols is 1. The van der Waals surface area contributed by atoms with Crippen LogP contribution in [0.25, 0.3) is 0 Å². The number of ether oxygens (including phenoxy) is 1. The van der Waals surface area contributed by atoms with Crippen molar-refractivity contribution in [1.82, 2.24) is 4.90 Å². The van der Waals surface area contributed by atoms with Crippen LogP contribution in [0.15, 0.2) is 18.2 Å². The maximum Gasteiger partial charge on any atom is 0.239 e. The van der Waals surface area contributed by atoms with Crippen LogP contribution in [0, 0.1) is 0 Å². The van der Waals surface area contributed by atoms with E-state index in [1.165, 1.54) is 7.11 Å². The minimum absolute atomic E-state index is 0.0751. The third-order valence-corrected chi connectivity index (χ3v) is 2.96. The first kappa shape index (κ1) is 15.3. The van der Waals surface area contributed by atoms with Crippen molar-refractivity contribution in [2.45, 2.75) is 32.4 Å². The van der Waals surface area contributed by atoms with Gasteiger partial charge in [0, 0.05) is 13.6 Å². The van der Waals surface area contributed by atoms with Gasteiger partial charge in [-0.25, -0.2) is 0 Å². The lowest BCUT2D eigenvalue weighted by Crippen LogP contribution is -2.41. The average Bonchev–Trinajstić information content (AvgIpc) is 2.40. The molecule has 0 fully saturated rings. The minimum Gasteiger partial charge on any atom is -0.504 e. The van der Waals surface area contributed by atoms with Crippen molar-refractivity contribution >= 4 is 5.91 Å². The Labute approximate surface area is 114 Å². The van der Waals surface area contributed by atoms with Crippen LogP contribution in [-0.2, 0) is 11.3 Å². The average molecular weight is 266 g/mol. The summed E-state index contributed by atoms with van der Waals surface area (Å²) in [4.78, 5) is 13.6. The molecule has 0 spiro atoms. The molecule has 0 aliphatic rings. The summed E-state index contributed by atoms with van der Waals surface area (Å²) in [5.41, 5.74) is 6.69. The number of likely N-dealkylation sites (N-methyl/N-ethyl adjacent to an activating group) is 1. The molecular weight excluding hydrogens is 244 g/mol. The second kappa shape index (κ2) is 6.99. The minimum atomic E-state index is -0.450. The highest BCUT2D eigenvalue weighted by atomic mass is 16.5. The summed E-state index contributed by atoms with van der Waals surface area (Å²) >= 11 is 0. The molecule has 0 aromatic heterocycles. The molecule has 0 saturated heterocycles. The Morgan fingerprint density at radius 2 is 2.21 bits per heavy atom. The van der Waals surface area contributed by atoms with Gasteiger partial charge < -0.3 is 20.5 Å². The molecule has 5 heteroatoms. The largest absolute Gasteiger partial charge is 0.504 e. The van der Waals surface area contributed by atoms with Gasteiger partial charge >= 0.3 is 0 Å². The molecule has 1 aromatic rings. The first-order valence-electron chi connectivity index (χ1n) is 6.36. The lowest BCUT2D eigenvalue weighted by molar-refractivity contribution is -0.132. The summed E-state index contributed by atoms with van der Waals surface area (Å²) in [7, 11) is 3.21. The number of carbonyl (C=O) groups is 1. The number of aromatic hydroxyl groups is 1. The van der Waals surface area contributed by atoms with Crippen LogP contribution in [0.5, 0.6) is 11.5 Å². The monoisotopic (exact) mass is 266 g/mol. The Morgan fingerprint density at radius 1 is 1.53 bits per heavy atom. The van der Waals surface area contributed by atoms with Crippen molar-refractivity contribution in [3.05, 3.63) is 23.8 Å². The number of carbonyl (C=O) groups excluding carboxylic acids is 1. The summed E-state index contributed by atoms with van der Waals surface area (Å²) < 4.78 is 5.04. The van der Waals surface area contributed by atoms with E-state index in [-0.39, 0.29) is 11.7 Å². The van der Waals surface area contributed by atoms with Gasteiger partial charge in [0.2, 0.25) is 5.91 Å². The molecule has 1 atom stereocenters. The number of hydrogen-bond donors (Lipinski definition) is 2. The molecule has 3 N–H and O–H groups in total. The lowest BCUT2D eigenvalue weighted by atomic mass is 10.1. The van der Waals surface area contributed by atoms with E-state index in [1.807, 2.05) is 6.92 Å². The predicted molar refractivity (Wildman–Crippen MR) is 74.0 cm³/mol. The fraction of sp³-hybridized carbons (Fsp3) is 0.500. The normalized spacial score (nSPS) is 12.0. The molecule has 5 nitrogen and oxygen atoms in total. The van der Waals surface area contributed by atoms with E-state index in [9.17, 15) is 9.90 Å². The van der Waals surface area contributed by atoms with Crippen LogP contribution < -0.4 is 10.5 Å². The number of benzene rings is 1. The van der Waals surface area contributed by atoms with Gasteiger partial charge in [-0.15, -0.1) is 0 Å². The lowest BCUT2D eigenvalue weighted by Gasteiger charge is -2.21. The van der Waals surface area contributed by atoms with Crippen LogP contribution in [0.3, 0.4) is 0 Å². The van der Waals surface area contributed by atoms with Gasteiger partial charge in [0.25, 0.3) is 0 Å². The second-order valence-corrected chi connectivity index (χ2v) is 4.60. The number of amides is 1. The maximum atomic E-state index is 12.0. The van der Waals surface area contributed by atoms with Gasteiger partial charge in [0.1, 0.15) is 0 Å². The summed E-state index contributed by atoms with van der Waals surface area (Å²) in [6, 6.07) is 4.57. The second-order valence-electron chi connectivity index (χ2n) is 4.60. The summed E-state index contributed by atoms with van der Waals surface area (Å²) in [5, 5.41) is 9.51. The quantitative estimate of drug-likeness (QED) is 0.818. The van der Waals surface area contributed by atoms with Crippen LogP contribution in [0.2, 0.25) is 0 Å². The van der Waals surface area contributed by atoms with Crippen molar-refractivity contribution in [1.29, 1.82) is 0 Å². The van der Waals surface area contributed by atoms with Gasteiger partial charge in [-0.1, -0.05) is 19.4 Å². The Morgan fingerprint density at radius 3 is 2.79 bits per heavy atom. The van der Waals surface area contributed by atoms with Crippen molar-refractivity contribution in [2.75, 3.05) is 14.2 Å². The van der Waals surface area contributed by atoms with Gasteiger partial charge in [-0.05, 0) is 24.1 Å². The van der Waals surface area contributed by atoms with E-state index >= 15 is 0 Å². The summed E-state index contributed by atoms with van der Waals surface area (Å²) in [5.74, 6) is 0.410. The number of rotatable bonds is 6. The molecule has 19 heavy (non-hydrogen) atoms. The number of phenolic OH excluding ortho intramolecular Hbond substituents is 1. The zero-order valence-corrected chi connectivity index (χ0v) is 11.7. The van der Waals surface area contributed by atoms with Crippen molar-refractivity contribution in [3.63, 3.8) is 0 Å². The van der Waals surface area contributed by atoms with Gasteiger partial charge in [-0.2, -0.15) is 0 Å². The molecule has 1 aromatic carbocycles. The Bertz CT molecular complexity index is 435. The molecule has 1 amide bonds. The number of nitrogens with zero attached hydrogens (tertiary/aromatic N) is 1. The molecule has 0 aliphatic carbocycles. The zero-order valence-electron chi connectivity index (χ0n) is 11.7. The fourth-order valence-electron chi connectivity index (χ4n) is 1.89. The SMILES string of the molecule is CCC[C@@H](N)C(=O)N(C)Cc1ccc(O)c(OC)c1. The number of methoxy groups -OCH3 is 1. The van der Waals surface area contributed by atoms with Crippen LogP contribution in [0.1, 0.15) is 25.3 Å². The molecule has 0 aliphatic heterocycles. The molecule has 0 bridgehead atoms. The van der Waals surface area contributed by atoms with E-state index in [4.69, 9.17) is 10.5 Å². The predicted octanol–water partition coefficient (Wildman–Crippen LogP) is 1.49. The highest BCUT2D eigenvalue weighted by molar-refractivity contribution is 5.81. The first-order chi connectivity index (χ1) is 8.99. The highest BCUT2D eigenvalue weighted by Crippen LogP contribution is 2.26. The molecule has 0 unspecified atom stereocenters.